The Bertz CT molecular complexity index is 1240. The molecular formula is C19H14N4O5S2. The number of thioether (sulfide) groups is 1. The number of hydrogen-bond acceptors (Lipinski definition) is 8. The van der Waals surface area contributed by atoms with Gasteiger partial charge in [-0.15, -0.1) is 11.3 Å². The highest BCUT2D eigenvalue weighted by atomic mass is 32.2. The van der Waals surface area contributed by atoms with E-state index >= 15 is 0 Å². The Balaban J connectivity index is 1.66. The lowest BCUT2D eigenvalue weighted by atomic mass is 10.1. The summed E-state index contributed by atoms with van der Waals surface area (Å²) in [7, 11) is 3.36. The van der Waals surface area contributed by atoms with Crippen molar-refractivity contribution in [3.8, 4) is 0 Å². The molecule has 0 fully saturated rings. The maximum Gasteiger partial charge on any atom is 0.283 e. The third-order valence-electron chi connectivity index (χ3n) is 4.52. The lowest BCUT2D eigenvalue weighted by Crippen LogP contribution is -2.29. The van der Waals surface area contributed by atoms with Gasteiger partial charge in [-0.1, -0.05) is 17.8 Å². The van der Waals surface area contributed by atoms with E-state index < -0.39 is 22.4 Å². The number of carbonyl (C=O) groups excluding carboxylic acids is 3. The van der Waals surface area contributed by atoms with Gasteiger partial charge in [-0.05, 0) is 24.3 Å². The van der Waals surface area contributed by atoms with Gasteiger partial charge in [0.2, 0.25) is 5.91 Å². The van der Waals surface area contributed by atoms with E-state index in [4.69, 9.17) is 0 Å². The molecule has 1 aliphatic heterocycles. The molecule has 0 spiro atoms. The Morgan fingerprint density at radius 1 is 1.23 bits per heavy atom. The first kappa shape index (κ1) is 20.0. The van der Waals surface area contributed by atoms with Crippen molar-refractivity contribution in [2.24, 2.45) is 0 Å². The van der Waals surface area contributed by atoms with Crippen molar-refractivity contribution in [1.29, 1.82) is 0 Å². The summed E-state index contributed by atoms with van der Waals surface area (Å²) in [6, 6.07) is 8.91. The van der Waals surface area contributed by atoms with Crippen LogP contribution in [-0.4, -0.2) is 52.4 Å². The largest absolute Gasteiger partial charge is 0.348 e. The third-order valence-corrected chi connectivity index (χ3v) is 6.66. The minimum absolute atomic E-state index is 0.0112. The highest BCUT2D eigenvalue weighted by Gasteiger charge is 2.41. The first-order chi connectivity index (χ1) is 14.3. The normalized spacial score (nSPS) is 13.1. The molecule has 0 saturated carbocycles. The predicted octanol–water partition coefficient (Wildman–Crippen LogP) is 3.19. The summed E-state index contributed by atoms with van der Waals surface area (Å²) in [5.74, 6) is -1.11. The number of aromatic nitrogens is 1. The van der Waals surface area contributed by atoms with Crippen molar-refractivity contribution in [3.05, 3.63) is 57.6 Å². The fraction of sp³-hybridized carbons (Fsp3) is 0.158. The van der Waals surface area contributed by atoms with Crippen LogP contribution in [0.2, 0.25) is 0 Å². The first-order valence-corrected chi connectivity index (χ1v) is 10.5. The Morgan fingerprint density at radius 2 is 2.00 bits per heavy atom. The van der Waals surface area contributed by atoms with Gasteiger partial charge in [-0.2, -0.15) is 0 Å². The molecule has 1 aromatic heterocycles. The van der Waals surface area contributed by atoms with Crippen molar-refractivity contribution in [2.45, 2.75) is 4.34 Å². The fourth-order valence-electron chi connectivity index (χ4n) is 3.00. The van der Waals surface area contributed by atoms with Gasteiger partial charge in [0.05, 0.1) is 32.1 Å². The van der Waals surface area contributed by atoms with Crippen LogP contribution >= 0.6 is 23.1 Å². The standard InChI is InChI=1S/C19H14N4O5S2/c1-21(2)15(24)9-29-19-20-12-7-6-10(8-14(12)30-19)22-17(25)11-4-3-5-13(23(27)28)16(11)18(22)26/h3-8H,9H2,1-2H3. The number of nitro benzene ring substituents is 1. The van der Waals surface area contributed by atoms with Gasteiger partial charge in [0.25, 0.3) is 17.5 Å². The number of imide groups is 1. The highest BCUT2D eigenvalue weighted by molar-refractivity contribution is 8.01. The number of amides is 3. The zero-order valence-electron chi connectivity index (χ0n) is 15.8. The van der Waals surface area contributed by atoms with Crippen LogP contribution in [0.5, 0.6) is 0 Å². The molecule has 2 aromatic carbocycles. The summed E-state index contributed by atoms with van der Waals surface area (Å²) in [5.41, 5.74) is 0.405. The minimum Gasteiger partial charge on any atom is -0.348 e. The number of hydrogen-bond donors (Lipinski definition) is 0. The summed E-state index contributed by atoms with van der Waals surface area (Å²) < 4.78 is 1.42. The van der Waals surface area contributed by atoms with Crippen LogP contribution in [0, 0.1) is 10.1 Å². The molecule has 1 aliphatic rings. The Hall–Kier alpha value is -3.31. The van der Waals surface area contributed by atoms with Crippen molar-refractivity contribution < 1.29 is 19.3 Å². The summed E-state index contributed by atoms with van der Waals surface area (Å²) in [6.07, 6.45) is 0. The molecule has 0 unspecified atom stereocenters. The van der Waals surface area contributed by atoms with Gasteiger partial charge < -0.3 is 4.90 Å². The molecule has 0 radical (unpaired) electrons. The van der Waals surface area contributed by atoms with Crippen molar-refractivity contribution >= 4 is 62.4 Å². The van der Waals surface area contributed by atoms with Crippen LogP contribution in [-0.2, 0) is 4.79 Å². The second-order valence-electron chi connectivity index (χ2n) is 6.61. The highest BCUT2D eigenvalue weighted by Crippen LogP contribution is 2.37. The summed E-state index contributed by atoms with van der Waals surface area (Å²) >= 11 is 2.65. The average Bonchev–Trinajstić information content (AvgIpc) is 3.23. The topological polar surface area (TPSA) is 114 Å². The first-order valence-electron chi connectivity index (χ1n) is 8.67. The molecule has 3 amide bonds. The van der Waals surface area contributed by atoms with Gasteiger partial charge in [0, 0.05) is 20.2 Å². The van der Waals surface area contributed by atoms with E-state index in [0.717, 1.165) is 9.60 Å². The molecule has 0 saturated heterocycles. The summed E-state index contributed by atoms with van der Waals surface area (Å²) in [6.45, 7) is 0. The van der Waals surface area contributed by atoms with E-state index in [2.05, 4.69) is 4.98 Å². The van der Waals surface area contributed by atoms with Crippen LogP contribution in [0.4, 0.5) is 11.4 Å². The molecule has 4 rings (SSSR count). The lowest BCUT2D eigenvalue weighted by Gasteiger charge is -2.13. The number of nitrogens with zero attached hydrogens (tertiary/aromatic N) is 4. The summed E-state index contributed by atoms with van der Waals surface area (Å²) in [4.78, 5) is 54.9. The monoisotopic (exact) mass is 442 g/mol. The number of thiazole rings is 1. The molecule has 0 atom stereocenters. The van der Waals surface area contributed by atoms with E-state index in [1.165, 1.54) is 46.2 Å². The molecule has 9 nitrogen and oxygen atoms in total. The van der Waals surface area contributed by atoms with Gasteiger partial charge >= 0.3 is 0 Å². The Kier molecular flexibility index (Phi) is 5.00. The molecule has 11 heteroatoms. The average molecular weight is 442 g/mol. The van der Waals surface area contributed by atoms with Crippen molar-refractivity contribution in [1.82, 2.24) is 9.88 Å². The second kappa shape index (κ2) is 7.50. The zero-order chi connectivity index (χ0) is 21.6. The molecule has 152 valence electrons. The molecule has 30 heavy (non-hydrogen) atoms. The number of anilines is 1. The van der Waals surface area contributed by atoms with E-state index in [1.807, 2.05) is 0 Å². The maximum absolute atomic E-state index is 12.9. The van der Waals surface area contributed by atoms with Crippen LogP contribution in [0.1, 0.15) is 20.7 Å². The molecule has 3 aromatic rings. The maximum atomic E-state index is 12.9. The number of nitro groups is 1. The molecule has 2 heterocycles. The second-order valence-corrected chi connectivity index (χ2v) is 8.86. The number of rotatable bonds is 5. The quantitative estimate of drug-likeness (QED) is 0.258. The SMILES string of the molecule is CN(C)C(=O)CSc1nc2ccc(N3C(=O)c4cccc([N+](=O)[O-])c4C3=O)cc2s1. The van der Waals surface area contributed by atoms with Gasteiger partial charge in [-0.3, -0.25) is 24.5 Å². The molecular weight excluding hydrogens is 428 g/mol. The zero-order valence-corrected chi connectivity index (χ0v) is 17.5. The number of carbonyl (C=O) groups is 3. The third kappa shape index (κ3) is 3.31. The number of fused-ring (bicyclic) bond motifs is 2. The van der Waals surface area contributed by atoms with Gasteiger partial charge in [0.15, 0.2) is 4.34 Å². The van der Waals surface area contributed by atoms with Crippen molar-refractivity contribution in [3.63, 3.8) is 0 Å². The summed E-state index contributed by atoms with van der Waals surface area (Å²) in [5, 5.41) is 11.3. The van der Waals surface area contributed by atoms with E-state index in [9.17, 15) is 24.5 Å². The number of benzene rings is 2. The molecule has 0 aliphatic carbocycles. The Morgan fingerprint density at radius 3 is 2.70 bits per heavy atom. The van der Waals surface area contributed by atoms with Crippen molar-refractivity contribution in [2.75, 3.05) is 24.7 Å². The molecule has 0 bridgehead atoms. The van der Waals surface area contributed by atoms with Gasteiger partial charge in [-0.25, -0.2) is 9.88 Å². The fourth-order valence-corrected chi connectivity index (χ4v) is 5.08. The molecule has 0 N–H and O–H groups in total. The smallest absolute Gasteiger partial charge is 0.283 e. The van der Waals surface area contributed by atoms with Crippen LogP contribution in [0.25, 0.3) is 10.2 Å². The van der Waals surface area contributed by atoms with Crippen LogP contribution in [0.3, 0.4) is 0 Å². The van der Waals surface area contributed by atoms with E-state index in [1.54, 1.807) is 32.3 Å². The van der Waals surface area contributed by atoms with E-state index in [-0.39, 0.29) is 22.8 Å². The predicted molar refractivity (Wildman–Crippen MR) is 113 cm³/mol. The van der Waals surface area contributed by atoms with Crippen LogP contribution < -0.4 is 4.90 Å². The minimum atomic E-state index is -0.725. The van der Waals surface area contributed by atoms with Crippen LogP contribution in [0.15, 0.2) is 40.7 Å². The lowest BCUT2D eigenvalue weighted by molar-refractivity contribution is -0.385. The van der Waals surface area contributed by atoms with Gasteiger partial charge in [0.1, 0.15) is 5.56 Å². The van der Waals surface area contributed by atoms with E-state index in [0.29, 0.717) is 15.5 Å². The Labute approximate surface area is 178 Å².